The number of nitrogens with zero attached hydrogens (tertiary/aromatic N) is 1. The minimum absolute atomic E-state index is 0.138. The summed E-state index contributed by atoms with van der Waals surface area (Å²) < 4.78 is 27.3. The lowest BCUT2D eigenvalue weighted by molar-refractivity contribution is -0.124. The van der Waals surface area contributed by atoms with Crippen LogP contribution in [0.3, 0.4) is 0 Å². The van der Waals surface area contributed by atoms with E-state index in [1.807, 2.05) is 19.1 Å². The first-order valence-corrected chi connectivity index (χ1v) is 8.54. The van der Waals surface area contributed by atoms with E-state index in [4.69, 9.17) is 0 Å². The van der Waals surface area contributed by atoms with E-state index in [2.05, 4.69) is 0 Å². The summed E-state index contributed by atoms with van der Waals surface area (Å²) in [6, 6.07) is 6.69. The van der Waals surface area contributed by atoms with Crippen molar-refractivity contribution < 1.29 is 13.2 Å². The van der Waals surface area contributed by atoms with E-state index in [0.29, 0.717) is 17.7 Å². The highest BCUT2D eigenvalue weighted by atomic mass is 32.2. The monoisotopic (exact) mass is 293 g/mol. The molecule has 0 aromatic heterocycles. The van der Waals surface area contributed by atoms with Gasteiger partial charge in [0.2, 0.25) is 10.0 Å². The molecule has 0 amide bonds. The molecular formula is C15H19NO3S. The Kier molecular flexibility index (Phi) is 3.42. The maximum absolute atomic E-state index is 12.8. The summed E-state index contributed by atoms with van der Waals surface area (Å²) in [7, 11) is -3.48. The third kappa shape index (κ3) is 2.29. The molecule has 2 fully saturated rings. The summed E-state index contributed by atoms with van der Waals surface area (Å²) in [6.45, 7) is 1.94. The highest BCUT2D eigenvalue weighted by Crippen LogP contribution is 2.36. The molecule has 0 saturated carbocycles. The molecule has 0 radical (unpaired) electrons. The topological polar surface area (TPSA) is 54.5 Å². The number of sulfonamides is 1. The first kappa shape index (κ1) is 13.8. The number of benzene rings is 1. The lowest BCUT2D eigenvalue weighted by Crippen LogP contribution is -2.54. The summed E-state index contributed by atoms with van der Waals surface area (Å²) in [5.74, 6) is 0.204. The van der Waals surface area contributed by atoms with Crippen molar-refractivity contribution in [1.82, 2.24) is 4.31 Å². The summed E-state index contributed by atoms with van der Waals surface area (Å²) in [4.78, 5) is 12.1. The number of ketones is 1. The number of hydrogen-bond acceptors (Lipinski definition) is 3. The fraction of sp³-hybridized carbons (Fsp3) is 0.533. The van der Waals surface area contributed by atoms with E-state index in [1.165, 1.54) is 0 Å². The van der Waals surface area contributed by atoms with Gasteiger partial charge in [-0.1, -0.05) is 24.1 Å². The summed E-state index contributed by atoms with van der Waals surface area (Å²) in [5.41, 5.74) is 1.04. The quantitative estimate of drug-likeness (QED) is 0.840. The van der Waals surface area contributed by atoms with Crippen LogP contribution in [0.25, 0.3) is 0 Å². The smallest absolute Gasteiger partial charge is 0.243 e. The van der Waals surface area contributed by atoms with E-state index in [-0.39, 0.29) is 17.9 Å². The number of fused-ring (bicyclic) bond motifs is 2. The van der Waals surface area contributed by atoms with E-state index < -0.39 is 10.0 Å². The van der Waals surface area contributed by atoms with Gasteiger partial charge in [-0.15, -0.1) is 0 Å². The fourth-order valence-electron chi connectivity index (χ4n) is 3.36. The number of aryl methyl sites for hydroxylation is 1. The van der Waals surface area contributed by atoms with Crippen LogP contribution in [0.2, 0.25) is 0 Å². The first-order chi connectivity index (χ1) is 9.48. The van der Waals surface area contributed by atoms with E-state index in [0.717, 1.165) is 24.8 Å². The van der Waals surface area contributed by atoms with Crippen molar-refractivity contribution in [2.45, 2.75) is 56.0 Å². The van der Waals surface area contributed by atoms with Gasteiger partial charge in [-0.3, -0.25) is 4.79 Å². The van der Waals surface area contributed by atoms with Gasteiger partial charge in [0.15, 0.2) is 0 Å². The number of Topliss-reactive ketones (excluding diaryl/α,β-unsaturated/α-hetero) is 1. The van der Waals surface area contributed by atoms with Crippen LogP contribution in [0, 0.1) is 6.92 Å². The zero-order chi connectivity index (χ0) is 14.3. The Morgan fingerprint density at radius 3 is 2.15 bits per heavy atom. The third-order valence-corrected chi connectivity index (χ3v) is 6.34. The molecule has 2 aliphatic rings. The molecule has 2 heterocycles. The van der Waals surface area contributed by atoms with Crippen molar-refractivity contribution in [1.29, 1.82) is 0 Å². The highest BCUT2D eigenvalue weighted by Gasteiger charge is 2.44. The number of carbonyl (C=O) groups excluding carboxylic acids is 1. The first-order valence-electron chi connectivity index (χ1n) is 7.10. The lowest BCUT2D eigenvalue weighted by Gasteiger charge is -2.44. The molecule has 4 nitrogen and oxygen atoms in total. The standard InChI is InChI=1S/C15H19NO3S/c1-11-5-7-15(8-6-11)20(18,19)16-12-3-2-4-13(16)10-14(17)9-12/h5-8,12-13H,2-4,9-10H2,1H3/t12-,13-/m0/s1. The molecule has 1 aromatic rings. The van der Waals surface area contributed by atoms with Crippen LogP contribution in [-0.2, 0) is 14.8 Å². The van der Waals surface area contributed by atoms with E-state index in [1.54, 1.807) is 16.4 Å². The van der Waals surface area contributed by atoms with E-state index in [9.17, 15) is 13.2 Å². The van der Waals surface area contributed by atoms with Gasteiger partial charge in [-0.05, 0) is 31.9 Å². The number of piperidine rings is 2. The second-order valence-electron chi connectivity index (χ2n) is 5.83. The van der Waals surface area contributed by atoms with Gasteiger partial charge < -0.3 is 0 Å². The molecule has 0 N–H and O–H groups in total. The van der Waals surface area contributed by atoms with Crippen LogP contribution in [-0.4, -0.2) is 30.6 Å². The van der Waals surface area contributed by atoms with Crippen LogP contribution in [0.15, 0.2) is 29.2 Å². The van der Waals surface area contributed by atoms with Crippen molar-refractivity contribution >= 4 is 15.8 Å². The molecule has 2 bridgehead atoms. The van der Waals surface area contributed by atoms with Crippen molar-refractivity contribution in [2.24, 2.45) is 0 Å². The maximum Gasteiger partial charge on any atom is 0.243 e. The number of carbonyl (C=O) groups is 1. The average molecular weight is 293 g/mol. The highest BCUT2D eigenvalue weighted by molar-refractivity contribution is 7.89. The maximum atomic E-state index is 12.8. The van der Waals surface area contributed by atoms with Crippen molar-refractivity contribution in [3.63, 3.8) is 0 Å². The SMILES string of the molecule is Cc1ccc(S(=O)(=O)N2[C@H]3CCC[C@H]2CC(=O)C3)cc1. The van der Waals surface area contributed by atoms with Crippen LogP contribution < -0.4 is 0 Å². The molecule has 5 heteroatoms. The molecule has 108 valence electrons. The van der Waals surface area contributed by atoms with Gasteiger partial charge in [-0.25, -0.2) is 8.42 Å². The molecule has 3 rings (SSSR count). The zero-order valence-electron chi connectivity index (χ0n) is 11.6. The Bertz CT molecular complexity index is 605. The predicted molar refractivity (Wildman–Crippen MR) is 75.9 cm³/mol. The van der Waals surface area contributed by atoms with Gasteiger partial charge in [0.25, 0.3) is 0 Å². The molecular weight excluding hydrogens is 274 g/mol. The van der Waals surface area contributed by atoms with Crippen molar-refractivity contribution in [3.05, 3.63) is 29.8 Å². The Hall–Kier alpha value is -1.20. The summed E-state index contributed by atoms with van der Waals surface area (Å²) in [5, 5.41) is 0. The van der Waals surface area contributed by atoms with Crippen molar-refractivity contribution in [3.8, 4) is 0 Å². The summed E-state index contributed by atoms with van der Waals surface area (Å²) >= 11 is 0. The normalized spacial score (nSPS) is 27.6. The predicted octanol–water partition coefficient (Wildman–Crippen LogP) is 2.27. The minimum atomic E-state index is -3.48. The fourth-order valence-corrected chi connectivity index (χ4v) is 5.23. The minimum Gasteiger partial charge on any atom is -0.300 e. The zero-order valence-corrected chi connectivity index (χ0v) is 12.4. The molecule has 20 heavy (non-hydrogen) atoms. The molecule has 0 spiro atoms. The average Bonchev–Trinajstić information content (AvgIpc) is 2.37. The van der Waals surface area contributed by atoms with Crippen molar-refractivity contribution in [2.75, 3.05) is 0 Å². The van der Waals surface area contributed by atoms with Crippen LogP contribution in [0.1, 0.15) is 37.7 Å². The molecule has 0 unspecified atom stereocenters. The Morgan fingerprint density at radius 1 is 1.05 bits per heavy atom. The van der Waals surface area contributed by atoms with Gasteiger partial charge in [-0.2, -0.15) is 4.31 Å². The molecule has 1 aromatic carbocycles. The van der Waals surface area contributed by atoms with Crippen LogP contribution in [0.4, 0.5) is 0 Å². The van der Waals surface area contributed by atoms with Gasteiger partial charge >= 0.3 is 0 Å². The number of hydrogen-bond donors (Lipinski definition) is 0. The summed E-state index contributed by atoms with van der Waals surface area (Å²) in [6.07, 6.45) is 3.37. The molecule has 2 saturated heterocycles. The third-order valence-electron chi connectivity index (χ3n) is 4.32. The molecule has 0 aliphatic carbocycles. The van der Waals surface area contributed by atoms with E-state index >= 15 is 0 Å². The van der Waals surface area contributed by atoms with Gasteiger partial charge in [0.05, 0.1) is 4.90 Å². The second-order valence-corrected chi connectivity index (χ2v) is 7.68. The van der Waals surface area contributed by atoms with Gasteiger partial charge in [0.1, 0.15) is 5.78 Å². The van der Waals surface area contributed by atoms with Crippen LogP contribution in [0.5, 0.6) is 0 Å². The Labute approximate surface area is 119 Å². The Morgan fingerprint density at radius 2 is 1.60 bits per heavy atom. The largest absolute Gasteiger partial charge is 0.300 e. The lowest BCUT2D eigenvalue weighted by atomic mass is 9.86. The molecule has 2 atom stereocenters. The molecule has 2 aliphatic heterocycles. The number of rotatable bonds is 2. The van der Waals surface area contributed by atoms with Crippen LogP contribution >= 0.6 is 0 Å². The van der Waals surface area contributed by atoms with Gasteiger partial charge in [0, 0.05) is 24.9 Å². The Balaban J connectivity index is 1.98. The second kappa shape index (κ2) is 4.97.